The average Bonchev–Trinajstić information content (AvgIpc) is 3.21. The van der Waals surface area contributed by atoms with E-state index in [0.717, 1.165) is 0 Å². The lowest BCUT2D eigenvalue weighted by Crippen LogP contribution is -2.43. The molecular formula is C22H20Cl2N2O4. The van der Waals surface area contributed by atoms with Crippen LogP contribution in [-0.4, -0.2) is 18.4 Å². The van der Waals surface area contributed by atoms with Crippen molar-refractivity contribution in [2.24, 2.45) is 0 Å². The Labute approximate surface area is 184 Å². The lowest BCUT2D eigenvalue weighted by molar-refractivity contribution is -0.124. The average molecular weight is 447 g/mol. The number of ether oxygens (including phenoxy) is 1. The van der Waals surface area contributed by atoms with Gasteiger partial charge < -0.3 is 19.8 Å². The van der Waals surface area contributed by atoms with Gasteiger partial charge >= 0.3 is 0 Å². The minimum Gasteiger partial charge on any atom is -0.484 e. The molecule has 0 atom stereocenters. The number of hydrogen-bond donors (Lipinski definition) is 2. The first-order valence-electron chi connectivity index (χ1n) is 9.09. The minimum atomic E-state index is -0.797. The second-order valence-corrected chi connectivity index (χ2v) is 7.83. The van der Waals surface area contributed by atoms with E-state index in [1.54, 1.807) is 54.6 Å². The number of rotatable bonds is 7. The third kappa shape index (κ3) is 5.34. The summed E-state index contributed by atoms with van der Waals surface area (Å²) in [4.78, 5) is 24.5. The molecule has 2 N–H and O–H groups in total. The summed E-state index contributed by atoms with van der Waals surface area (Å²) in [5.41, 5.74) is 0.344. The highest BCUT2D eigenvalue weighted by Crippen LogP contribution is 2.33. The van der Waals surface area contributed by atoms with Crippen LogP contribution in [0.4, 0.5) is 5.69 Å². The van der Waals surface area contributed by atoms with Crippen LogP contribution < -0.4 is 15.4 Å². The molecule has 0 aliphatic heterocycles. The van der Waals surface area contributed by atoms with E-state index in [4.69, 9.17) is 32.4 Å². The van der Waals surface area contributed by atoms with Crippen molar-refractivity contribution in [3.63, 3.8) is 0 Å². The number of anilines is 1. The highest BCUT2D eigenvalue weighted by atomic mass is 35.5. The van der Waals surface area contributed by atoms with Crippen molar-refractivity contribution < 1.29 is 18.7 Å². The van der Waals surface area contributed by atoms with Gasteiger partial charge in [-0.1, -0.05) is 35.3 Å². The Bertz CT molecular complexity index is 1030. The second-order valence-electron chi connectivity index (χ2n) is 7.02. The molecule has 8 heteroatoms. The second kappa shape index (κ2) is 9.24. The van der Waals surface area contributed by atoms with Gasteiger partial charge in [0.25, 0.3) is 11.8 Å². The lowest BCUT2D eigenvalue weighted by atomic mass is 9.94. The molecular weight excluding hydrogens is 427 g/mol. The van der Waals surface area contributed by atoms with Gasteiger partial charge in [-0.05, 0) is 50.2 Å². The number of furan rings is 1. The van der Waals surface area contributed by atoms with Crippen molar-refractivity contribution in [2.45, 2.75) is 19.4 Å². The van der Waals surface area contributed by atoms with E-state index in [-0.39, 0.29) is 24.2 Å². The topological polar surface area (TPSA) is 80.6 Å². The van der Waals surface area contributed by atoms with E-state index in [0.29, 0.717) is 27.0 Å². The molecule has 3 rings (SSSR count). The van der Waals surface area contributed by atoms with Crippen LogP contribution in [0.2, 0.25) is 10.0 Å². The maximum Gasteiger partial charge on any atom is 0.291 e. The quantitative estimate of drug-likeness (QED) is 0.517. The van der Waals surface area contributed by atoms with Crippen molar-refractivity contribution in [1.29, 1.82) is 0 Å². The molecule has 0 aliphatic carbocycles. The molecule has 30 heavy (non-hydrogen) atoms. The van der Waals surface area contributed by atoms with Gasteiger partial charge in [0.15, 0.2) is 12.4 Å². The Kier molecular flexibility index (Phi) is 6.70. The summed E-state index contributed by atoms with van der Waals surface area (Å²) in [5.74, 6) is -0.105. The van der Waals surface area contributed by atoms with Crippen LogP contribution in [0.3, 0.4) is 0 Å². The summed E-state index contributed by atoms with van der Waals surface area (Å²) >= 11 is 12.5. The van der Waals surface area contributed by atoms with Crippen LogP contribution in [0.5, 0.6) is 5.75 Å². The summed E-state index contributed by atoms with van der Waals surface area (Å²) in [7, 11) is 0. The first-order valence-corrected chi connectivity index (χ1v) is 9.85. The highest BCUT2D eigenvalue weighted by Gasteiger charge is 2.28. The summed E-state index contributed by atoms with van der Waals surface area (Å²) in [5, 5.41) is 6.51. The first kappa shape index (κ1) is 21.7. The van der Waals surface area contributed by atoms with Gasteiger partial charge in [-0.2, -0.15) is 0 Å². The Morgan fingerprint density at radius 1 is 1.03 bits per heavy atom. The Morgan fingerprint density at radius 3 is 2.40 bits per heavy atom. The number of hydrogen-bond acceptors (Lipinski definition) is 4. The van der Waals surface area contributed by atoms with Gasteiger partial charge in [0.05, 0.1) is 11.8 Å². The molecule has 0 spiro atoms. The predicted molar refractivity (Wildman–Crippen MR) is 116 cm³/mol. The Balaban J connectivity index is 1.60. The fourth-order valence-corrected chi connectivity index (χ4v) is 3.82. The maximum atomic E-state index is 12.4. The summed E-state index contributed by atoms with van der Waals surface area (Å²) in [6.07, 6.45) is 1.42. The van der Waals surface area contributed by atoms with Gasteiger partial charge in [0, 0.05) is 27.4 Å². The van der Waals surface area contributed by atoms with Crippen molar-refractivity contribution in [2.75, 3.05) is 11.9 Å². The van der Waals surface area contributed by atoms with Gasteiger partial charge in [-0.25, -0.2) is 0 Å². The molecule has 0 fully saturated rings. The summed E-state index contributed by atoms with van der Waals surface area (Å²) < 4.78 is 10.6. The highest BCUT2D eigenvalue weighted by molar-refractivity contribution is 6.36. The Hall–Kier alpha value is -2.96. The van der Waals surface area contributed by atoms with Crippen molar-refractivity contribution in [3.8, 4) is 5.75 Å². The molecule has 2 aromatic carbocycles. The largest absolute Gasteiger partial charge is 0.484 e. The van der Waals surface area contributed by atoms with E-state index in [1.165, 1.54) is 6.26 Å². The molecule has 1 heterocycles. The maximum absolute atomic E-state index is 12.4. The predicted octanol–water partition coefficient (Wildman–Crippen LogP) is 5.27. The van der Waals surface area contributed by atoms with E-state index >= 15 is 0 Å². The number of nitrogens with one attached hydrogen (secondary N) is 2. The number of benzene rings is 2. The van der Waals surface area contributed by atoms with Gasteiger partial charge in [-0.3, -0.25) is 9.59 Å². The fraction of sp³-hybridized carbons (Fsp3) is 0.182. The van der Waals surface area contributed by atoms with Crippen LogP contribution in [0, 0.1) is 0 Å². The van der Waals surface area contributed by atoms with Crippen LogP contribution in [0.25, 0.3) is 0 Å². The smallest absolute Gasteiger partial charge is 0.291 e. The molecule has 0 saturated heterocycles. The molecule has 0 bridgehead atoms. The standard InChI is InChI=1S/C22H20Cl2N2O4/c1-22(2,20-16(23)8-4-9-17(20)24)26-19(27)13-30-15-7-3-6-14(12-15)25-21(28)18-10-5-11-29-18/h3-12H,13H2,1-2H3,(H,25,28)(H,26,27). The van der Waals surface area contributed by atoms with Crippen LogP contribution in [0.15, 0.2) is 65.3 Å². The summed E-state index contributed by atoms with van der Waals surface area (Å²) in [6.45, 7) is 3.40. The minimum absolute atomic E-state index is 0.196. The zero-order valence-corrected chi connectivity index (χ0v) is 17.9. The molecule has 156 valence electrons. The molecule has 0 aliphatic rings. The van der Waals surface area contributed by atoms with Crippen LogP contribution in [0.1, 0.15) is 30.0 Å². The zero-order chi connectivity index (χ0) is 21.7. The van der Waals surface area contributed by atoms with Crippen LogP contribution >= 0.6 is 23.2 Å². The first-order chi connectivity index (χ1) is 14.3. The van der Waals surface area contributed by atoms with Gasteiger partial charge in [0.1, 0.15) is 5.75 Å². The molecule has 3 aromatic rings. The number of carbonyl (C=O) groups excluding carboxylic acids is 2. The molecule has 2 amide bonds. The fourth-order valence-electron chi connectivity index (χ4n) is 2.95. The molecule has 1 aromatic heterocycles. The van der Waals surface area contributed by atoms with E-state index in [1.807, 2.05) is 13.8 Å². The van der Waals surface area contributed by atoms with Crippen molar-refractivity contribution >= 4 is 40.7 Å². The van der Waals surface area contributed by atoms with E-state index < -0.39 is 5.54 Å². The number of carbonyl (C=O) groups is 2. The van der Waals surface area contributed by atoms with E-state index in [9.17, 15) is 9.59 Å². The van der Waals surface area contributed by atoms with Crippen molar-refractivity contribution in [1.82, 2.24) is 5.32 Å². The lowest BCUT2D eigenvalue weighted by Gasteiger charge is -2.28. The Morgan fingerprint density at radius 2 is 1.73 bits per heavy atom. The third-order valence-electron chi connectivity index (χ3n) is 4.25. The molecule has 0 saturated carbocycles. The van der Waals surface area contributed by atoms with Crippen LogP contribution in [-0.2, 0) is 10.3 Å². The SMILES string of the molecule is CC(C)(NC(=O)COc1cccc(NC(=O)c2ccco2)c1)c1c(Cl)cccc1Cl. The summed E-state index contributed by atoms with van der Waals surface area (Å²) in [6, 6.07) is 15.1. The zero-order valence-electron chi connectivity index (χ0n) is 16.4. The molecule has 0 unspecified atom stereocenters. The van der Waals surface area contributed by atoms with Crippen molar-refractivity contribution in [3.05, 3.63) is 82.2 Å². The molecule has 6 nitrogen and oxygen atoms in total. The third-order valence-corrected chi connectivity index (χ3v) is 4.88. The number of amides is 2. The van der Waals surface area contributed by atoms with Gasteiger partial charge in [-0.15, -0.1) is 0 Å². The number of halogens is 2. The van der Waals surface area contributed by atoms with E-state index in [2.05, 4.69) is 10.6 Å². The monoisotopic (exact) mass is 446 g/mol. The normalized spacial score (nSPS) is 11.1. The molecule has 0 radical (unpaired) electrons. The van der Waals surface area contributed by atoms with Gasteiger partial charge in [0.2, 0.25) is 0 Å².